The number of aliphatic carboxylic acids is 1. The lowest BCUT2D eigenvalue weighted by molar-refractivity contribution is -0.140. The number of carbonyl (C=O) groups is 1. The van der Waals surface area contributed by atoms with Crippen molar-refractivity contribution < 1.29 is 9.90 Å². The second kappa shape index (κ2) is 5.46. The van der Waals surface area contributed by atoms with Crippen molar-refractivity contribution in [3.8, 4) is 0 Å². The molecule has 1 aliphatic heterocycles. The van der Waals surface area contributed by atoms with Gasteiger partial charge in [0.05, 0.1) is 0 Å². The molecule has 0 aliphatic carbocycles. The van der Waals surface area contributed by atoms with Crippen molar-refractivity contribution in [2.45, 2.75) is 44.2 Å². The maximum atomic E-state index is 10.9. The highest BCUT2D eigenvalue weighted by Crippen LogP contribution is 2.18. The molecule has 1 aromatic rings. The molecule has 88 valence electrons. The van der Waals surface area contributed by atoms with Crippen LogP contribution in [0.15, 0.2) is 17.5 Å². The van der Waals surface area contributed by atoms with Crippen LogP contribution in [-0.4, -0.2) is 23.2 Å². The average Bonchev–Trinajstić information content (AvgIpc) is 2.79. The zero-order valence-corrected chi connectivity index (χ0v) is 10.0. The van der Waals surface area contributed by atoms with Gasteiger partial charge in [-0.1, -0.05) is 6.07 Å². The fourth-order valence-electron chi connectivity index (χ4n) is 2.21. The molecule has 0 aromatic carbocycles. The van der Waals surface area contributed by atoms with Crippen LogP contribution in [0.4, 0.5) is 0 Å². The Bertz CT molecular complexity index is 337. The van der Waals surface area contributed by atoms with Crippen LogP contribution < -0.4 is 5.32 Å². The second-order valence-corrected chi connectivity index (χ2v) is 5.34. The van der Waals surface area contributed by atoms with E-state index in [1.807, 2.05) is 0 Å². The van der Waals surface area contributed by atoms with E-state index in [9.17, 15) is 4.79 Å². The molecular weight excluding hydrogens is 222 g/mol. The first-order valence-electron chi connectivity index (χ1n) is 5.77. The molecule has 1 aromatic heterocycles. The zero-order valence-electron chi connectivity index (χ0n) is 9.19. The molecule has 1 saturated heterocycles. The summed E-state index contributed by atoms with van der Waals surface area (Å²) >= 11 is 1.77. The summed E-state index contributed by atoms with van der Waals surface area (Å²) in [5.41, 5.74) is 0. The van der Waals surface area contributed by atoms with Gasteiger partial charge >= 0.3 is 5.97 Å². The minimum atomic E-state index is -0.708. The van der Waals surface area contributed by atoms with Gasteiger partial charge in [0.25, 0.3) is 0 Å². The van der Waals surface area contributed by atoms with Gasteiger partial charge in [-0.05, 0) is 43.6 Å². The van der Waals surface area contributed by atoms with Gasteiger partial charge < -0.3 is 10.4 Å². The minimum Gasteiger partial charge on any atom is -0.480 e. The molecule has 0 bridgehead atoms. The molecule has 1 aliphatic rings. The SMILES string of the molecule is O=C(O)C1CCCC(CCc2cccs2)N1. The molecule has 0 saturated carbocycles. The van der Waals surface area contributed by atoms with Crippen molar-refractivity contribution in [3.05, 3.63) is 22.4 Å². The van der Waals surface area contributed by atoms with Gasteiger partial charge in [0.2, 0.25) is 0 Å². The van der Waals surface area contributed by atoms with Gasteiger partial charge in [0.1, 0.15) is 6.04 Å². The average molecular weight is 239 g/mol. The van der Waals surface area contributed by atoms with E-state index in [4.69, 9.17) is 5.11 Å². The third kappa shape index (κ3) is 3.06. The number of piperidine rings is 1. The number of hydrogen-bond acceptors (Lipinski definition) is 3. The van der Waals surface area contributed by atoms with Crippen LogP contribution in [0.2, 0.25) is 0 Å². The standard InChI is InChI=1S/C12H17NO2S/c14-12(15)11-5-1-3-9(13-11)6-7-10-4-2-8-16-10/h2,4,8-9,11,13H,1,3,5-7H2,(H,14,15). The Kier molecular flexibility index (Phi) is 3.96. The predicted octanol–water partition coefficient (Wildman–Crippen LogP) is 2.28. The fourth-order valence-corrected chi connectivity index (χ4v) is 2.94. The van der Waals surface area contributed by atoms with Crippen LogP contribution in [0.1, 0.15) is 30.6 Å². The molecule has 1 fully saturated rings. The molecule has 2 unspecified atom stereocenters. The van der Waals surface area contributed by atoms with E-state index in [2.05, 4.69) is 22.8 Å². The smallest absolute Gasteiger partial charge is 0.320 e. The summed E-state index contributed by atoms with van der Waals surface area (Å²) in [6.07, 6.45) is 5.00. The lowest BCUT2D eigenvalue weighted by Gasteiger charge is -2.28. The van der Waals surface area contributed by atoms with Crippen LogP contribution in [0, 0.1) is 0 Å². The van der Waals surface area contributed by atoms with Crippen molar-refractivity contribution in [1.82, 2.24) is 5.32 Å². The summed E-state index contributed by atoms with van der Waals surface area (Å²) < 4.78 is 0. The van der Waals surface area contributed by atoms with Gasteiger partial charge in [0.15, 0.2) is 0 Å². The summed E-state index contributed by atoms with van der Waals surface area (Å²) in [5, 5.41) is 14.3. The molecule has 0 spiro atoms. The third-order valence-corrected chi connectivity index (χ3v) is 4.04. The Balaban J connectivity index is 1.79. The summed E-state index contributed by atoms with van der Waals surface area (Å²) in [5.74, 6) is -0.708. The number of carboxylic acid groups (broad SMARTS) is 1. The molecular formula is C12H17NO2S. The van der Waals surface area contributed by atoms with Crippen molar-refractivity contribution in [2.24, 2.45) is 0 Å². The fraction of sp³-hybridized carbons (Fsp3) is 0.583. The van der Waals surface area contributed by atoms with E-state index in [1.165, 1.54) is 4.88 Å². The molecule has 2 N–H and O–H groups in total. The number of thiophene rings is 1. The number of nitrogens with one attached hydrogen (secondary N) is 1. The number of carboxylic acids is 1. The van der Waals surface area contributed by atoms with Gasteiger partial charge in [0, 0.05) is 10.9 Å². The minimum absolute atomic E-state index is 0.331. The maximum Gasteiger partial charge on any atom is 0.320 e. The topological polar surface area (TPSA) is 49.3 Å². The van der Waals surface area contributed by atoms with Gasteiger partial charge in [-0.15, -0.1) is 11.3 Å². The number of aryl methyl sites for hydroxylation is 1. The van der Waals surface area contributed by atoms with E-state index >= 15 is 0 Å². The van der Waals surface area contributed by atoms with Crippen LogP contribution in [0.25, 0.3) is 0 Å². The Morgan fingerprint density at radius 1 is 1.56 bits per heavy atom. The highest BCUT2D eigenvalue weighted by molar-refractivity contribution is 7.09. The lowest BCUT2D eigenvalue weighted by Crippen LogP contribution is -2.46. The van der Waals surface area contributed by atoms with Crippen LogP contribution in [-0.2, 0) is 11.2 Å². The Labute approximate surface area is 99.5 Å². The molecule has 0 radical (unpaired) electrons. The molecule has 16 heavy (non-hydrogen) atoms. The van der Waals surface area contributed by atoms with E-state index in [1.54, 1.807) is 11.3 Å². The monoisotopic (exact) mass is 239 g/mol. The van der Waals surface area contributed by atoms with Crippen molar-refractivity contribution in [1.29, 1.82) is 0 Å². The number of rotatable bonds is 4. The summed E-state index contributed by atoms with van der Waals surface area (Å²) in [6, 6.07) is 4.25. The van der Waals surface area contributed by atoms with E-state index in [0.717, 1.165) is 32.1 Å². The van der Waals surface area contributed by atoms with Gasteiger partial charge in [-0.25, -0.2) is 0 Å². The van der Waals surface area contributed by atoms with Crippen LogP contribution in [0.3, 0.4) is 0 Å². The highest BCUT2D eigenvalue weighted by atomic mass is 32.1. The third-order valence-electron chi connectivity index (χ3n) is 3.10. The quantitative estimate of drug-likeness (QED) is 0.847. The van der Waals surface area contributed by atoms with Crippen LogP contribution in [0.5, 0.6) is 0 Å². The lowest BCUT2D eigenvalue weighted by atomic mass is 9.95. The first-order valence-corrected chi connectivity index (χ1v) is 6.65. The van der Waals surface area contributed by atoms with E-state index in [0.29, 0.717) is 6.04 Å². The van der Waals surface area contributed by atoms with Crippen molar-refractivity contribution >= 4 is 17.3 Å². The van der Waals surface area contributed by atoms with Gasteiger partial charge in [-0.3, -0.25) is 4.79 Å². The molecule has 2 atom stereocenters. The maximum absolute atomic E-state index is 10.9. The summed E-state index contributed by atoms with van der Waals surface area (Å²) in [6.45, 7) is 0. The largest absolute Gasteiger partial charge is 0.480 e. The Hall–Kier alpha value is -0.870. The molecule has 4 heteroatoms. The van der Waals surface area contributed by atoms with Gasteiger partial charge in [-0.2, -0.15) is 0 Å². The van der Waals surface area contributed by atoms with Crippen LogP contribution >= 0.6 is 11.3 Å². The van der Waals surface area contributed by atoms with E-state index < -0.39 is 5.97 Å². The number of hydrogen-bond donors (Lipinski definition) is 2. The summed E-state index contributed by atoms with van der Waals surface area (Å²) in [7, 11) is 0. The summed E-state index contributed by atoms with van der Waals surface area (Å²) in [4.78, 5) is 12.3. The van der Waals surface area contributed by atoms with E-state index in [-0.39, 0.29) is 6.04 Å². The highest BCUT2D eigenvalue weighted by Gasteiger charge is 2.25. The predicted molar refractivity (Wildman–Crippen MR) is 64.8 cm³/mol. The first-order chi connectivity index (χ1) is 7.75. The molecule has 2 heterocycles. The first kappa shape index (κ1) is 11.6. The van der Waals surface area contributed by atoms with Crippen molar-refractivity contribution in [2.75, 3.05) is 0 Å². The second-order valence-electron chi connectivity index (χ2n) is 4.30. The zero-order chi connectivity index (χ0) is 11.4. The molecule has 2 rings (SSSR count). The molecule has 3 nitrogen and oxygen atoms in total. The van der Waals surface area contributed by atoms with Crippen molar-refractivity contribution in [3.63, 3.8) is 0 Å². The Morgan fingerprint density at radius 2 is 2.44 bits per heavy atom. The molecule has 0 amide bonds. The normalized spacial score (nSPS) is 25.5. The Morgan fingerprint density at radius 3 is 3.12 bits per heavy atom.